The fourth-order valence-corrected chi connectivity index (χ4v) is 0.634. The van der Waals surface area contributed by atoms with Gasteiger partial charge in [0.2, 0.25) is 0 Å². The van der Waals surface area contributed by atoms with E-state index in [0.717, 1.165) is 13.1 Å². The molecule has 1 rings (SSSR count). The molecule has 2 nitrogen and oxygen atoms in total. The second-order valence-electron chi connectivity index (χ2n) is 1.74. The van der Waals surface area contributed by atoms with Gasteiger partial charge in [-0.05, 0) is 6.92 Å². The summed E-state index contributed by atoms with van der Waals surface area (Å²) in [4.78, 5) is 6.09. The number of hydrogen-bond donors (Lipinski definition) is 0. The molecule has 0 saturated heterocycles. The Morgan fingerprint density at radius 2 is 2.62 bits per heavy atom. The third kappa shape index (κ3) is 1.09. The molecule has 0 spiro atoms. The third-order valence-corrected chi connectivity index (χ3v) is 1.17. The van der Waals surface area contributed by atoms with E-state index in [0.29, 0.717) is 0 Å². The molecule has 8 heavy (non-hydrogen) atoms. The molecule has 1 radical (unpaired) electrons. The van der Waals surface area contributed by atoms with Crippen molar-refractivity contribution in [1.82, 2.24) is 9.89 Å². The number of aliphatic imine (C=N–C) groups is 1. The van der Waals surface area contributed by atoms with Gasteiger partial charge in [0.25, 0.3) is 6.34 Å². The molecule has 0 aromatic carbocycles. The highest BCUT2D eigenvalue weighted by molar-refractivity contribution is 5.55. The van der Waals surface area contributed by atoms with Crippen LogP contribution in [0.15, 0.2) is 12.3 Å². The Morgan fingerprint density at radius 1 is 1.75 bits per heavy atom. The van der Waals surface area contributed by atoms with Crippen molar-refractivity contribution >= 4 is 6.34 Å². The van der Waals surface area contributed by atoms with Crippen LogP contribution < -0.4 is 4.99 Å². The average molecular weight is 110 g/mol. The Balaban J connectivity index is 2.40. The second-order valence-corrected chi connectivity index (χ2v) is 1.74. The molecule has 1 heterocycles. The van der Waals surface area contributed by atoms with Crippen LogP contribution in [0.1, 0.15) is 6.92 Å². The van der Waals surface area contributed by atoms with Crippen LogP contribution in [0.2, 0.25) is 0 Å². The van der Waals surface area contributed by atoms with Gasteiger partial charge in [0.15, 0.2) is 0 Å². The Kier molecular flexibility index (Phi) is 1.67. The summed E-state index contributed by atoms with van der Waals surface area (Å²) < 4.78 is 0. The van der Waals surface area contributed by atoms with Crippen molar-refractivity contribution in [2.75, 3.05) is 13.1 Å². The van der Waals surface area contributed by atoms with Gasteiger partial charge in [-0.15, -0.1) is 0 Å². The first-order valence-corrected chi connectivity index (χ1v) is 2.86. The smallest absolute Gasteiger partial charge is 0.261 e. The first kappa shape index (κ1) is 5.35. The largest absolute Gasteiger partial charge is 0.281 e. The molecule has 43 valence electrons. The summed E-state index contributed by atoms with van der Waals surface area (Å²) in [7, 11) is 0. The van der Waals surface area contributed by atoms with Crippen LogP contribution in [0, 0.1) is 0 Å². The van der Waals surface area contributed by atoms with E-state index in [4.69, 9.17) is 0 Å². The van der Waals surface area contributed by atoms with Crippen LogP contribution in [0.4, 0.5) is 0 Å². The Labute approximate surface area is 49.5 Å². The molecule has 0 aliphatic carbocycles. The van der Waals surface area contributed by atoms with Crippen LogP contribution in [-0.4, -0.2) is 24.3 Å². The molecular weight excluding hydrogens is 100 g/mol. The predicted molar refractivity (Wildman–Crippen MR) is 34.6 cm³/mol. The van der Waals surface area contributed by atoms with Crippen LogP contribution >= 0.6 is 0 Å². The summed E-state index contributed by atoms with van der Waals surface area (Å²) >= 11 is 0. The van der Waals surface area contributed by atoms with E-state index >= 15 is 0 Å². The fourth-order valence-electron chi connectivity index (χ4n) is 0.634. The second kappa shape index (κ2) is 2.50. The lowest BCUT2D eigenvalue weighted by Gasteiger charge is -2.05. The van der Waals surface area contributed by atoms with E-state index in [1.807, 2.05) is 18.6 Å². The van der Waals surface area contributed by atoms with Gasteiger partial charge in [0.1, 0.15) is 12.7 Å². The number of nitrogens with zero attached hydrogens (tertiary/aromatic N) is 2. The van der Waals surface area contributed by atoms with Gasteiger partial charge in [0.05, 0.1) is 6.54 Å². The highest BCUT2D eigenvalue weighted by atomic mass is 15.1. The zero-order valence-electron chi connectivity index (χ0n) is 5.04. The lowest BCUT2D eigenvalue weighted by Crippen LogP contribution is -2.25. The van der Waals surface area contributed by atoms with Gasteiger partial charge in [-0.2, -0.15) is 0 Å². The van der Waals surface area contributed by atoms with Gasteiger partial charge in [-0.25, -0.2) is 0 Å². The summed E-state index contributed by atoms with van der Waals surface area (Å²) in [5, 5.41) is 0. The number of rotatable bonds is 1. The standard InChI is InChI=1S/C6H10N2/c1-2-8-5-3-4-7-6-8/h3-4,6H,2,5H2,1H3/q+1. The van der Waals surface area contributed by atoms with Gasteiger partial charge in [-0.1, -0.05) is 4.99 Å². The van der Waals surface area contributed by atoms with Crippen molar-refractivity contribution in [3.8, 4) is 0 Å². The first-order chi connectivity index (χ1) is 3.93. The van der Waals surface area contributed by atoms with Crippen molar-refractivity contribution in [3.05, 3.63) is 12.3 Å². The summed E-state index contributed by atoms with van der Waals surface area (Å²) in [6.07, 6.45) is 5.73. The average Bonchev–Trinajstić information content (AvgIpc) is 1.90. The minimum Gasteiger partial charge on any atom is -0.261 e. The Bertz CT molecular complexity index is 116. The van der Waals surface area contributed by atoms with Crippen molar-refractivity contribution < 1.29 is 0 Å². The topological polar surface area (TPSA) is 17.3 Å². The summed E-state index contributed by atoms with van der Waals surface area (Å²) in [5.74, 6) is 0. The van der Waals surface area contributed by atoms with E-state index in [-0.39, 0.29) is 0 Å². The molecule has 0 aromatic rings. The summed E-state index contributed by atoms with van der Waals surface area (Å²) in [5.41, 5.74) is 0. The highest BCUT2D eigenvalue weighted by Gasteiger charge is 2.03. The zero-order chi connectivity index (χ0) is 5.82. The maximum atomic E-state index is 3.95. The lowest BCUT2D eigenvalue weighted by molar-refractivity contribution is 0.494. The normalized spacial score (nSPS) is 17.4. The molecule has 0 bridgehead atoms. The Morgan fingerprint density at radius 3 is 3.00 bits per heavy atom. The molecule has 0 N–H and O–H groups in total. The highest BCUT2D eigenvalue weighted by Crippen LogP contribution is 1.84. The maximum absolute atomic E-state index is 3.95. The SMILES string of the molecule is CCN1C=[N+]C=CC1. The van der Waals surface area contributed by atoms with Crippen molar-refractivity contribution in [2.45, 2.75) is 6.92 Å². The number of likely N-dealkylation sites (N-methyl/N-ethyl adjacent to an activating group) is 1. The van der Waals surface area contributed by atoms with Crippen molar-refractivity contribution in [1.29, 1.82) is 0 Å². The fraction of sp³-hybridized carbons (Fsp3) is 0.500. The molecule has 0 atom stereocenters. The van der Waals surface area contributed by atoms with Gasteiger partial charge in [0, 0.05) is 6.08 Å². The summed E-state index contributed by atoms with van der Waals surface area (Å²) in [6, 6.07) is 0. The van der Waals surface area contributed by atoms with Crippen LogP contribution in [0.3, 0.4) is 0 Å². The lowest BCUT2D eigenvalue weighted by atomic mass is 10.5. The maximum Gasteiger partial charge on any atom is 0.281 e. The molecule has 0 aromatic heterocycles. The minimum atomic E-state index is 1.01. The van der Waals surface area contributed by atoms with Crippen LogP contribution in [0.25, 0.3) is 0 Å². The van der Waals surface area contributed by atoms with Crippen molar-refractivity contribution in [3.63, 3.8) is 0 Å². The minimum absolute atomic E-state index is 1.01. The van der Waals surface area contributed by atoms with E-state index in [1.54, 1.807) is 0 Å². The van der Waals surface area contributed by atoms with Gasteiger partial charge in [-0.3, -0.25) is 4.90 Å². The van der Waals surface area contributed by atoms with Crippen LogP contribution in [-0.2, 0) is 0 Å². The summed E-state index contributed by atoms with van der Waals surface area (Å²) in [6.45, 7) is 4.18. The molecule has 0 saturated carbocycles. The van der Waals surface area contributed by atoms with E-state index in [1.165, 1.54) is 0 Å². The molecule has 0 amide bonds. The molecule has 2 heteroatoms. The van der Waals surface area contributed by atoms with E-state index in [9.17, 15) is 0 Å². The Hall–Kier alpha value is -0.790. The molecular formula is C6H10N2+. The van der Waals surface area contributed by atoms with Crippen LogP contribution in [0.5, 0.6) is 0 Å². The van der Waals surface area contributed by atoms with Crippen molar-refractivity contribution in [2.24, 2.45) is 0 Å². The van der Waals surface area contributed by atoms with Gasteiger partial charge >= 0.3 is 0 Å². The molecule has 0 fully saturated rings. The van der Waals surface area contributed by atoms with E-state index < -0.39 is 0 Å². The zero-order valence-corrected chi connectivity index (χ0v) is 5.04. The quantitative estimate of drug-likeness (QED) is 0.471. The molecule has 0 unspecified atom stereocenters. The predicted octanol–water partition coefficient (Wildman–Crippen LogP) is 0.200. The number of hydrogen-bond acceptors (Lipinski definition) is 2. The first-order valence-electron chi connectivity index (χ1n) is 2.86. The molecule has 1 aliphatic heterocycles. The third-order valence-electron chi connectivity index (χ3n) is 1.17. The monoisotopic (exact) mass is 110 g/mol. The van der Waals surface area contributed by atoms with E-state index in [2.05, 4.69) is 16.8 Å². The molecule has 1 aliphatic rings. The van der Waals surface area contributed by atoms with Gasteiger partial charge < -0.3 is 0 Å².